The lowest BCUT2D eigenvalue weighted by atomic mass is 10.2. The van der Waals surface area contributed by atoms with E-state index < -0.39 is 0 Å². The van der Waals surface area contributed by atoms with Gasteiger partial charge in [-0.1, -0.05) is 13.8 Å². The Bertz CT molecular complexity index is 399. The molecule has 0 saturated carbocycles. The molecule has 0 atom stereocenters. The van der Waals surface area contributed by atoms with Crippen molar-refractivity contribution in [2.45, 2.75) is 20.5 Å². The zero-order valence-electron chi connectivity index (χ0n) is 13.1. The van der Waals surface area contributed by atoms with Gasteiger partial charge in [0.15, 0.2) is 5.82 Å². The number of hydrogen-bond donors (Lipinski definition) is 1. The summed E-state index contributed by atoms with van der Waals surface area (Å²) >= 11 is 0. The van der Waals surface area contributed by atoms with Gasteiger partial charge in [0.1, 0.15) is 18.2 Å². The van der Waals surface area contributed by atoms with Gasteiger partial charge in [-0.15, -0.1) is 0 Å². The van der Waals surface area contributed by atoms with Crippen LogP contribution >= 0.6 is 0 Å². The van der Waals surface area contributed by atoms with Gasteiger partial charge in [0, 0.05) is 40.4 Å². The fraction of sp³-hybridized carbons (Fsp3) is 0.714. The summed E-state index contributed by atoms with van der Waals surface area (Å²) in [6.45, 7) is 7.19. The zero-order chi connectivity index (χ0) is 15.0. The summed E-state index contributed by atoms with van der Waals surface area (Å²) in [5.74, 6) is 2.93. The van der Waals surface area contributed by atoms with Crippen LogP contribution in [-0.2, 0) is 16.1 Å². The Kier molecular flexibility index (Phi) is 7.25. The van der Waals surface area contributed by atoms with E-state index in [2.05, 4.69) is 34.0 Å². The van der Waals surface area contributed by atoms with Crippen molar-refractivity contribution in [3.05, 3.63) is 11.9 Å². The third-order valence-electron chi connectivity index (χ3n) is 2.76. The molecule has 0 bridgehead atoms. The fourth-order valence-corrected chi connectivity index (χ4v) is 1.91. The van der Waals surface area contributed by atoms with Crippen molar-refractivity contribution in [1.29, 1.82) is 0 Å². The molecule has 0 aliphatic rings. The summed E-state index contributed by atoms with van der Waals surface area (Å²) in [6, 6.07) is 1.96. The third kappa shape index (κ3) is 5.30. The summed E-state index contributed by atoms with van der Waals surface area (Å²) < 4.78 is 10.3. The van der Waals surface area contributed by atoms with Gasteiger partial charge < -0.3 is 19.7 Å². The molecule has 0 amide bonds. The molecule has 1 rings (SSSR count). The van der Waals surface area contributed by atoms with Gasteiger partial charge in [-0.2, -0.15) is 0 Å². The third-order valence-corrected chi connectivity index (χ3v) is 2.76. The predicted molar refractivity (Wildman–Crippen MR) is 81.2 cm³/mol. The molecule has 1 N–H and O–H groups in total. The van der Waals surface area contributed by atoms with Crippen molar-refractivity contribution in [2.75, 3.05) is 51.2 Å². The van der Waals surface area contributed by atoms with E-state index in [9.17, 15) is 0 Å². The number of ether oxygens (including phenoxy) is 2. The maximum absolute atomic E-state index is 5.18. The molecule has 0 aliphatic heterocycles. The minimum Gasteiger partial charge on any atom is -0.383 e. The molecule has 6 heteroatoms. The number of aromatic nitrogens is 2. The largest absolute Gasteiger partial charge is 0.383 e. The standard InChI is InChI=1S/C14H26N4O2/c1-11(2)9-18(6-7-19-4)14-8-12(15-3)16-13(17-14)10-20-5/h8,11H,6-7,9-10H2,1-5H3,(H,15,16,17). The minimum absolute atomic E-state index is 0.405. The number of hydrogen-bond acceptors (Lipinski definition) is 6. The van der Waals surface area contributed by atoms with E-state index in [1.807, 2.05) is 13.1 Å². The molecule has 0 saturated heterocycles. The van der Waals surface area contributed by atoms with Crippen LogP contribution in [-0.4, -0.2) is 50.9 Å². The number of anilines is 2. The van der Waals surface area contributed by atoms with Crippen molar-refractivity contribution >= 4 is 11.6 Å². The summed E-state index contributed by atoms with van der Waals surface area (Å²) in [6.07, 6.45) is 0. The summed E-state index contributed by atoms with van der Waals surface area (Å²) in [5.41, 5.74) is 0. The highest BCUT2D eigenvalue weighted by Crippen LogP contribution is 2.17. The number of nitrogens with one attached hydrogen (secondary N) is 1. The Balaban J connectivity index is 2.99. The van der Waals surface area contributed by atoms with Crippen LogP contribution in [0, 0.1) is 5.92 Å². The van der Waals surface area contributed by atoms with Crippen molar-refractivity contribution in [2.24, 2.45) is 5.92 Å². The minimum atomic E-state index is 0.405. The average molecular weight is 282 g/mol. The van der Waals surface area contributed by atoms with Gasteiger partial charge in [0.05, 0.1) is 6.61 Å². The zero-order valence-corrected chi connectivity index (χ0v) is 13.1. The lowest BCUT2D eigenvalue weighted by molar-refractivity contribution is 0.178. The van der Waals surface area contributed by atoms with Gasteiger partial charge in [0.25, 0.3) is 0 Å². The summed E-state index contributed by atoms with van der Waals surface area (Å²) in [4.78, 5) is 11.2. The second kappa shape index (κ2) is 8.71. The second-order valence-corrected chi connectivity index (χ2v) is 5.04. The molecule has 0 fully saturated rings. The van der Waals surface area contributed by atoms with Gasteiger partial charge in [-0.05, 0) is 5.92 Å². The number of nitrogens with zero attached hydrogens (tertiary/aromatic N) is 3. The molecule has 0 aliphatic carbocycles. The van der Waals surface area contributed by atoms with Crippen LogP contribution in [0.2, 0.25) is 0 Å². The Hall–Kier alpha value is -1.40. The van der Waals surface area contributed by atoms with E-state index in [0.29, 0.717) is 25.0 Å². The van der Waals surface area contributed by atoms with E-state index in [-0.39, 0.29) is 0 Å². The van der Waals surface area contributed by atoms with Crippen molar-refractivity contribution in [3.63, 3.8) is 0 Å². The van der Waals surface area contributed by atoms with Crippen molar-refractivity contribution in [1.82, 2.24) is 9.97 Å². The second-order valence-electron chi connectivity index (χ2n) is 5.04. The molecular formula is C14H26N4O2. The Morgan fingerprint density at radius 3 is 2.55 bits per heavy atom. The molecule has 20 heavy (non-hydrogen) atoms. The molecule has 0 spiro atoms. The highest BCUT2D eigenvalue weighted by molar-refractivity contribution is 5.49. The SMILES string of the molecule is CNc1cc(N(CCOC)CC(C)C)nc(COC)n1. The Morgan fingerprint density at radius 1 is 1.25 bits per heavy atom. The molecule has 1 aromatic heterocycles. The highest BCUT2D eigenvalue weighted by Gasteiger charge is 2.13. The average Bonchev–Trinajstić information content (AvgIpc) is 2.43. The molecule has 0 radical (unpaired) electrons. The highest BCUT2D eigenvalue weighted by atomic mass is 16.5. The first kappa shape index (κ1) is 16.7. The van der Waals surface area contributed by atoms with E-state index in [1.54, 1.807) is 14.2 Å². The summed E-state index contributed by atoms with van der Waals surface area (Å²) in [7, 11) is 5.21. The summed E-state index contributed by atoms with van der Waals surface area (Å²) in [5, 5.41) is 3.07. The van der Waals surface area contributed by atoms with Crippen molar-refractivity contribution in [3.8, 4) is 0 Å². The van der Waals surface area contributed by atoms with E-state index in [1.165, 1.54) is 0 Å². The number of methoxy groups -OCH3 is 2. The normalized spacial score (nSPS) is 10.9. The molecular weight excluding hydrogens is 256 g/mol. The van der Waals surface area contributed by atoms with E-state index >= 15 is 0 Å². The van der Waals surface area contributed by atoms with E-state index in [4.69, 9.17) is 9.47 Å². The topological polar surface area (TPSA) is 59.5 Å². The van der Waals surface area contributed by atoms with Gasteiger partial charge in [0.2, 0.25) is 0 Å². The number of rotatable bonds is 9. The lowest BCUT2D eigenvalue weighted by Crippen LogP contribution is -2.32. The van der Waals surface area contributed by atoms with Crippen LogP contribution in [0.4, 0.5) is 11.6 Å². The van der Waals surface area contributed by atoms with E-state index in [0.717, 1.165) is 24.7 Å². The first-order valence-electron chi connectivity index (χ1n) is 6.89. The molecule has 6 nitrogen and oxygen atoms in total. The van der Waals surface area contributed by atoms with Crippen LogP contribution in [0.5, 0.6) is 0 Å². The molecule has 1 heterocycles. The van der Waals surface area contributed by atoms with Crippen LogP contribution in [0.1, 0.15) is 19.7 Å². The Morgan fingerprint density at radius 2 is 2.00 bits per heavy atom. The van der Waals surface area contributed by atoms with Crippen LogP contribution in [0.25, 0.3) is 0 Å². The van der Waals surface area contributed by atoms with Crippen LogP contribution in [0.15, 0.2) is 6.07 Å². The lowest BCUT2D eigenvalue weighted by Gasteiger charge is -2.26. The molecule has 1 aromatic rings. The maximum atomic E-state index is 5.18. The quantitative estimate of drug-likeness (QED) is 0.745. The molecule has 0 aromatic carbocycles. The first-order chi connectivity index (χ1) is 9.60. The molecule has 0 unspecified atom stereocenters. The molecule has 114 valence electrons. The first-order valence-corrected chi connectivity index (χ1v) is 6.89. The van der Waals surface area contributed by atoms with Gasteiger partial charge in [-0.3, -0.25) is 0 Å². The van der Waals surface area contributed by atoms with Crippen molar-refractivity contribution < 1.29 is 9.47 Å². The van der Waals surface area contributed by atoms with Crippen LogP contribution < -0.4 is 10.2 Å². The monoisotopic (exact) mass is 282 g/mol. The van der Waals surface area contributed by atoms with Gasteiger partial charge >= 0.3 is 0 Å². The maximum Gasteiger partial charge on any atom is 0.158 e. The Labute approximate surface area is 121 Å². The fourth-order valence-electron chi connectivity index (χ4n) is 1.91. The smallest absolute Gasteiger partial charge is 0.158 e. The predicted octanol–water partition coefficient (Wildman–Crippen LogP) is 1.77. The van der Waals surface area contributed by atoms with Gasteiger partial charge in [-0.25, -0.2) is 9.97 Å². The van der Waals surface area contributed by atoms with Crippen LogP contribution in [0.3, 0.4) is 0 Å².